The largest absolute Gasteiger partial charge is 0.485 e. The predicted octanol–water partition coefficient (Wildman–Crippen LogP) is 2.98. The van der Waals surface area contributed by atoms with Crippen molar-refractivity contribution < 1.29 is 19.1 Å². The SMILES string of the molecule is Cc1ccc(OCc2ccc(C(=O)NCC3(CO)CC3)o2)c(C)c1. The van der Waals surface area contributed by atoms with Gasteiger partial charge in [0.25, 0.3) is 5.91 Å². The van der Waals surface area contributed by atoms with Crippen molar-refractivity contribution in [2.24, 2.45) is 5.41 Å². The van der Waals surface area contributed by atoms with Crippen molar-refractivity contribution >= 4 is 5.91 Å². The number of ether oxygens (including phenoxy) is 1. The molecule has 24 heavy (non-hydrogen) atoms. The molecule has 2 N–H and O–H groups in total. The fourth-order valence-corrected chi connectivity index (χ4v) is 2.61. The second-order valence-corrected chi connectivity index (χ2v) is 6.66. The summed E-state index contributed by atoms with van der Waals surface area (Å²) in [6.45, 7) is 4.91. The Bertz CT molecular complexity index is 731. The molecule has 2 aromatic rings. The van der Waals surface area contributed by atoms with Gasteiger partial charge in [-0.15, -0.1) is 0 Å². The fraction of sp³-hybridized carbons (Fsp3) is 0.421. The number of hydrogen-bond donors (Lipinski definition) is 2. The number of furan rings is 1. The minimum atomic E-state index is -0.257. The molecule has 5 heteroatoms. The van der Waals surface area contributed by atoms with E-state index in [1.807, 2.05) is 26.0 Å². The van der Waals surface area contributed by atoms with E-state index in [9.17, 15) is 9.90 Å². The third-order valence-corrected chi connectivity index (χ3v) is 4.50. The Kier molecular flexibility index (Phi) is 4.62. The fourth-order valence-electron chi connectivity index (χ4n) is 2.61. The van der Waals surface area contributed by atoms with Gasteiger partial charge in [0.05, 0.1) is 6.61 Å². The van der Waals surface area contributed by atoms with E-state index in [-0.39, 0.29) is 30.3 Å². The molecule has 1 saturated carbocycles. The van der Waals surface area contributed by atoms with Crippen LogP contribution in [0.25, 0.3) is 0 Å². The van der Waals surface area contributed by atoms with Gasteiger partial charge in [-0.25, -0.2) is 0 Å². The minimum absolute atomic E-state index is 0.112. The number of nitrogens with one attached hydrogen (secondary N) is 1. The molecular weight excluding hydrogens is 306 g/mol. The van der Waals surface area contributed by atoms with Gasteiger partial charge in [0.2, 0.25) is 0 Å². The van der Waals surface area contributed by atoms with Crippen molar-refractivity contribution in [3.05, 3.63) is 53.0 Å². The Morgan fingerprint density at radius 3 is 2.75 bits per heavy atom. The zero-order chi connectivity index (χ0) is 17.2. The monoisotopic (exact) mass is 329 g/mol. The maximum Gasteiger partial charge on any atom is 0.287 e. The highest BCUT2D eigenvalue weighted by Gasteiger charge is 2.42. The van der Waals surface area contributed by atoms with E-state index in [2.05, 4.69) is 11.4 Å². The maximum absolute atomic E-state index is 12.1. The van der Waals surface area contributed by atoms with E-state index in [0.717, 1.165) is 24.2 Å². The van der Waals surface area contributed by atoms with Crippen molar-refractivity contribution in [2.45, 2.75) is 33.3 Å². The first-order chi connectivity index (χ1) is 11.5. The number of amides is 1. The third kappa shape index (κ3) is 3.79. The number of benzene rings is 1. The molecule has 0 atom stereocenters. The van der Waals surface area contributed by atoms with Crippen molar-refractivity contribution in [1.82, 2.24) is 5.32 Å². The van der Waals surface area contributed by atoms with Crippen LogP contribution in [0.3, 0.4) is 0 Å². The summed E-state index contributed by atoms with van der Waals surface area (Å²) in [5, 5.41) is 12.1. The molecule has 1 fully saturated rings. The molecule has 1 amide bonds. The molecule has 1 aliphatic carbocycles. The first-order valence-corrected chi connectivity index (χ1v) is 8.19. The summed E-state index contributed by atoms with van der Waals surface area (Å²) >= 11 is 0. The van der Waals surface area contributed by atoms with Gasteiger partial charge >= 0.3 is 0 Å². The maximum atomic E-state index is 12.1. The lowest BCUT2D eigenvalue weighted by molar-refractivity contribution is 0.0903. The first-order valence-electron chi connectivity index (χ1n) is 8.19. The van der Waals surface area contributed by atoms with Crippen molar-refractivity contribution in [3.8, 4) is 5.75 Å². The zero-order valence-electron chi connectivity index (χ0n) is 14.1. The summed E-state index contributed by atoms with van der Waals surface area (Å²) in [7, 11) is 0. The van der Waals surface area contributed by atoms with Crippen LogP contribution in [-0.4, -0.2) is 24.2 Å². The molecule has 0 saturated heterocycles. The van der Waals surface area contributed by atoms with Gasteiger partial charge in [0, 0.05) is 12.0 Å². The van der Waals surface area contributed by atoms with Crippen LogP contribution in [0.15, 0.2) is 34.7 Å². The molecule has 0 aliphatic heterocycles. The zero-order valence-corrected chi connectivity index (χ0v) is 14.1. The Labute approximate surface area is 141 Å². The summed E-state index contributed by atoms with van der Waals surface area (Å²) in [6, 6.07) is 9.39. The molecule has 0 bridgehead atoms. The molecular formula is C19H23NO4. The van der Waals surface area contributed by atoms with Gasteiger partial charge in [-0.05, 0) is 50.5 Å². The summed E-state index contributed by atoms with van der Waals surface area (Å²) in [6.07, 6.45) is 1.91. The van der Waals surface area contributed by atoms with Crippen LogP contribution >= 0.6 is 0 Å². The third-order valence-electron chi connectivity index (χ3n) is 4.50. The summed E-state index contributed by atoms with van der Waals surface area (Å²) in [5.74, 6) is 1.42. The lowest BCUT2D eigenvalue weighted by Gasteiger charge is -2.11. The van der Waals surface area contributed by atoms with Gasteiger partial charge in [0.15, 0.2) is 5.76 Å². The van der Waals surface area contributed by atoms with Gasteiger partial charge in [-0.3, -0.25) is 4.79 Å². The number of rotatable bonds is 7. The summed E-state index contributed by atoms with van der Waals surface area (Å²) < 4.78 is 11.3. The highest BCUT2D eigenvalue weighted by Crippen LogP contribution is 2.44. The van der Waals surface area contributed by atoms with E-state index in [0.29, 0.717) is 12.3 Å². The Hall–Kier alpha value is -2.27. The predicted molar refractivity (Wildman–Crippen MR) is 90.0 cm³/mol. The van der Waals surface area contributed by atoms with Crippen molar-refractivity contribution in [1.29, 1.82) is 0 Å². The Balaban J connectivity index is 1.54. The summed E-state index contributed by atoms with van der Waals surface area (Å²) in [4.78, 5) is 12.1. The molecule has 5 nitrogen and oxygen atoms in total. The second-order valence-electron chi connectivity index (χ2n) is 6.66. The molecule has 1 aliphatic rings. The Morgan fingerprint density at radius 2 is 2.08 bits per heavy atom. The summed E-state index contributed by atoms with van der Waals surface area (Å²) in [5.41, 5.74) is 2.14. The Morgan fingerprint density at radius 1 is 1.29 bits per heavy atom. The topological polar surface area (TPSA) is 71.7 Å². The average molecular weight is 329 g/mol. The van der Waals surface area contributed by atoms with Gasteiger partial charge in [-0.1, -0.05) is 17.7 Å². The van der Waals surface area contributed by atoms with Gasteiger partial charge in [-0.2, -0.15) is 0 Å². The van der Waals surface area contributed by atoms with Gasteiger partial charge < -0.3 is 19.6 Å². The molecule has 128 valence electrons. The quantitative estimate of drug-likeness (QED) is 0.819. The highest BCUT2D eigenvalue weighted by molar-refractivity contribution is 5.91. The molecule has 3 rings (SSSR count). The molecule has 0 radical (unpaired) electrons. The standard InChI is InChI=1S/C19H23NO4/c1-13-3-5-16(14(2)9-13)23-10-15-4-6-17(24-15)18(22)20-11-19(12-21)7-8-19/h3-6,9,21H,7-8,10-12H2,1-2H3,(H,20,22). The molecule has 1 aromatic heterocycles. The number of aliphatic hydroxyl groups excluding tert-OH is 1. The van der Waals surface area contributed by atoms with E-state index in [4.69, 9.17) is 9.15 Å². The number of carbonyl (C=O) groups excluding carboxylic acids is 1. The lowest BCUT2D eigenvalue weighted by atomic mass is 10.1. The minimum Gasteiger partial charge on any atom is -0.485 e. The van der Waals surface area contributed by atoms with Crippen LogP contribution in [0.5, 0.6) is 5.75 Å². The highest BCUT2D eigenvalue weighted by atomic mass is 16.5. The number of aliphatic hydroxyl groups is 1. The van der Waals surface area contributed by atoms with Crippen molar-refractivity contribution in [3.63, 3.8) is 0 Å². The van der Waals surface area contributed by atoms with Crippen LogP contribution in [0.1, 0.15) is 40.3 Å². The first kappa shape index (κ1) is 16.6. The average Bonchev–Trinajstić information content (AvgIpc) is 3.20. The van der Waals surface area contributed by atoms with E-state index >= 15 is 0 Å². The number of carbonyl (C=O) groups is 1. The molecule has 1 aromatic carbocycles. The second kappa shape index (κ2) is 6.69. The van der Waals surface area contributed by atoms with E-state index in [1.54, 1.807) is 12.1 Å². The van der Waals surface area contributed by atoms with Gasteiger partial charge in [0.1, 0.15) is 18.1 Å². The normalized spacial score (nSPS) is 15.1. The van der Waals surface area contributed by atoms with Crippen LogP contribution in [-0.2, 0) is 6.61 Å². The number of aryl methyl sites for hydroxylation is 2. The molecule has 0 spiro atoms. The van der Waals surface area contributed by atoms with Crippen LogP contribution < -0.4 is 10.1 Å². The number of hydrogen-bond acceptors (Lipinski definition) is 4. The molecule has 0 unspecified atom stereocenters. The van der Waals surface area contributed by atoms with Crippen LogP contribution in [0.4, 0.5) is 0 Å². The van der Waals surface area contributed by atoms with Crippen LogP contribution in [0, 0.1) is 19.3 Å². The molecule has 1 heterocycles. The lowest BCUT2D eigenvalue weighted by Crippen LogP contribution is -2.31. The van der Waals surface area contributed by atoms with Crippen molar-refractivity contribution in [2.75, 3.05) is 13.2 Å². The van der Waals surface area contributed by atoms with Crippen LogP contribution in [0.2, 0.25) is 0 Å². The smallest absolute Gasteiger partial charge is 0.287 e. The van der Waals surface area contributed by atoms with E-state index < -0.39 is 0 Å². The van der Waals surface area contributed by atoms with E-state index in [1.165, 1.54) is 5.56 Å².